The predicted molar refractivity (Wildman–Crippen MR) is 61.4 cm³/mol. The van der Waals surface area contributed by atoms with Gasteiger partial charge in [-0.1, -0.05) is 22.0 Å². The minimum Gasteiger partial charge on any atom is -0.477 e. The summed E-state index contributed by atoms with van der Waals surface area (Å²) in [4.78, 5) is 10.6. The van der Waals surface area contributed by atoms with Crippen LogP contribution in [0.25, 0.3) is 10.1 Å². The topological polar surface area (TPSA) is 37.3 Å². The van der Waals surface area contributed by atoms with Crippen molar-refractivity contribution in [2.75, 3.05) is 0 Å². The molecular formula is C10H5BrF2O2S. The van der Waals surface area contributed by atoms with Crippen LogP contribution < -0.4 is 0 Å². The molecule has 0 bridgehead atoms. The molecule has 0 saturated heterocycles. The molecule has 0 radical (unpaired) electrons. The summed E-state index contributed by atoms with van der Waals surface area (Å²) in [6.07, 6.45) is -2.78. The fourth-order valence-electron chi connectivity index (χ4n) is 1.47. The molecule has 1 heterocycles. The number of aromatic carboxylic acids is 1. The van der Waals surface area contributed by atoms with Crippen LogP contribution in [0.1, 0.15) is 21.7 Å². The van der Waals surface area contributed by atoms with Crippen molar-refractivity contribution in [2.24, 2.45) is 0 Å². The Labute approximate surface area is 102 Å². The quantitative estimate of drug-likeness (QED) is 0.898. The Hall–Kier alpha value is -1.01. The van der Waals surface area contributed by atoms with Crippen LogP contribution in [0.4, 0.5) is 8.78 Å². The summed E-state index contributed by atoms with van der Waals surface area (Å²) >= 11 is 4.08. The first-order chi connectivity index (χ1) is 7.50. The molecule has 0 aliphatic rings. The van der Waals surface area contributed by atoms with E-state index in [1.165, 1.54) is 6.07 Å². The molecule has 1 aromatic carbocycles. The van der Waals surface area contributed by atoms with E-state index in [1.807, 2.05) is 0 Å². The van der Waals surface area contributed by atoms with Gasteiger partial charge in [-0.15, -0.1) is 11.3 Å². The van der Waals surface area contributed by atoms with Crippen LogP contribution in [-0.4, -0.2) is 11.1 Å². The number of carboxylic acids is 1. The summed E-state index contributed by atoms with van der Waals surface area (Å²) in [6, 6.07) is 4.76. The molecule has 0 amide bonds. The molecule has 2 aromatic rings. The van der Waals surface area contributed by atoms with Crippen molar-refractivity contribution in [2.45, 2.75) is 6.43 Å². The summed E-state index contributed by atoms with van der Waals surface area (Å²) in [7, 11) is 0. The Morgan fingerprint density at radius 3 is 2.69 bits per heavy atom. The standard InChI is InChI=1S/C10H5BrF2O2S/c11-4-1-2-5-6(3-4)16-8(10(14)15)7(5)9(12)13/h1-3,9H,(H,14,15). The molecule has 2 nitrogen and oxygen atoms in total. The van der Waals surface area contributed by atoms with Crippen molar-refractivity contribution < 1.29 is 18.7 Å². The number of carbonyl (C=O) groups is 1. The van der Waals surface area contributed by atoms with Crippen LogP contribution in [0.15, 0.2) is 22.7 Å². The van der Waals surface area contributed by atoms with E-state index in [0.29, 0.717) is 10.1 Å². The molecule has 6 heteroatoms. The third-order valence-corrected chi connectivity index (χ3v) is 3.75. The van der Waals surface area contributed by atoms with Gasteiger partial charge in [-0.05, 0) is 12.1 Å². The first-order valence-corrected chi connectivity index (χ1v) is 5.85. The van der Waals surface area contributed by atoms with Gasteiger partial charge in [-0.2, -0.15) is 0 Å². The van der Waals surface area contributed by atoms with Crippen LogP contribution >= 0.6 is 27.3 Å². The Bertz CT molecular complexity index is 565. The molecule has 0 aliphatic carbocycles. The van der Waals surface area contributed by atoms with E-state index in [4.69, 9.17) is 5.11 Å². The summed E-state index contributed by atoms with van der Waals surface area (Å²) in [5.41, 5.74) is -0.389. The number of rotatable bonds is 2. The van der Waals surface area contributed by atoms with E-state index < -0.39 is 12.4 Å². The SMILES string of the molecule is O=C(O)c1sc2cc(Br)ccc2c1C(F)F. The Morgan fingerprint density at radius 2 is 2.12 bits per heavy atom. The van der Waals surface area contributed by atoms with E-state index in [2.05, 4.69) is 15.9 Å². The second-order valence-electron chi connectivity index (χ2n) is 3.09. The molecule has 0 spiro atoms. The van der Waals surface area contributed by atoms with Crippen molar-refractivity contribution in [3.05, 3.63) is 33.1 Å². The largest absolute Gasteiger partial charge is 0.477 e. The van der Waals surface area contributed by atoms with Gasteiger partial charge in [-0.25, -0.2) is 13.6 Å². The Morgan fingerprint density at radius 1 is 1.44 bits per heavy atom. The van der Waals surface area contributed by atoms with Crippen molar-refractivity contribution in [3.8, 4) is 0 Å². The lowest BCUT2D eigenvalue weighted by atomic mass is 10.1. The lowest BCUT2D eigenvalue weighted by Gasteiger charge is -1.99. The van der Waals surface area contributed by atoms with Gasteiger partial charge in [0.05, 0.1) is 5.56 Å². The van der Waals surface area contributed by atoms with Gasteiger partial charge in [0.15, 0.2) is 0 Å². The maximum atomic E-state index is 12.8. The van der Waals surface area contributed by atoms with E-state index in [0.717, 1.165) is 15.8 Å². The zero-order chi connectivity index (χ0) is 11.9. The number of carboxylic acid groups (broad SMARTS) is 1. The zero-order valence-electron chi connectivity index (χ0n) is 7.71. The number of alkyl halides is 2. The first-order valence-electron chi connectivity index (χ1n) is 4.24. The highest BCUT2D eigenvalue weighted by Gasteiger charge is 2.24. The maximum absolute atomic E-state index is 12.8. The Balaban J connectivity index is 2.81. The molecular weight excluding hydrogens is 302 g/mol. The average molecular weight is 307 g/mol. The number of hydrogen-bond donors (Lipinski definition) is 1. The van der Waals surface area contributed by atoms with Crippen LogP contribution in [0.3, 0.4) is 0 Å². The minimum atomic E-state index is -2.78. The fourth-order valence-corrected chi connectivity index (χ4v) is 3.07. The molecule has 0 atom stereocenters. The number of halogens is 3. The van der Waals surface area contributed by atoms with Crippen LogP contribution in [0.2, 0.25) is 0 Å². The molecule has 0 fully saturated rings. The highest BCUT2D eigenvalue weighted by atomic mass is 79.9. The molecule has 0 unspecified atom stereocenters. The van der Waals surface area contributed by atoms with Gasteiger partial charge >= 0.3 is 5.97 Å². The van der Waals surface area contributed by atoms with Crippen molar-refractivity contribution >= 4 is 43.3 Å². The first kappa shape index (κ1) is 11.5. The van der Waals surface area contributed by atoms with Gasteiger partial charge in [-0.3, -0.25) is 0 Å². The fraction of sp³-hybridized carbons (Fsp3) is 0.100. The normalized spacial score (nSPS) is 11.2. The lowest BCUT2D eigenvalue weighted by Crippen LogP contribution is -1.97. The van der Waals surface area contributed by atoms with Crippen molar-refractivity contribution in [1.29, 1.82) is 0 Å². The highest BCUT2D eigenvalue weighted by molar-refractivity contribution is 9.10. The second-order valence-corrected chi connectivity index (χ2v) is 5.06. The van der Waals surface area contributed by atoms with Gasteiger partial charge in [0.25, 0.3) is 6.43 Å². The smallest absolute Gasteiger partial charge is 0.346 e. The molecule has 0 aliphatic heterocycles. The average Bonchev–Trinajstić information content (AvgIpc) is 2.55. The summed E-state index contributed by atoms with van der Waals surface area (Å²) in [5.74, 6) is -1.31. The van der Waals surface area contributed by atoms with Crippen LogP contribution in [0.5, 0.6) is 0 Å². The summed E-state index contributed by atoms with van der Waals surface area (Å²) < 4.78 is 26.8. The van der Waals surface area contributed by atoms with E-state index in [9.17, 15) is 13.6 Å². The second kappa shape index (κ2) is 4.10. The minimum absolute atomic E-state index is 0.289. The number of benzene rings is 1. The molecule has 84 valence electrons. The van der Waals surface area contributed by atoms with Gasteiger partial charge in [0, 0.05) is 14.6 Å². The van der Waals surface area contributed by atoms with Gasteiger partial charge in [0.2, 0.25) is 0 Å². The van der Waals surface area contributed by atoms with Gasteiger partial charge < -0.3 is 5.11 Å². The number of fused-ring (bicyclic) bond motifs is 1. The monoisotopic (exact) mass is 306 g/mol. The maximum Gasteiger partial charge on any atom is 0.346 e. The molecule has 2 rings (SSSR count). The number of thiophene rings is 1. The van der Waals surface area contributed by atoms with E-state index >= 15 is 0 Å². The number of hydrogen-bond acceptors (Lipinski definition) is 2. The van der Waals surface area contributed by atoms with Gasteiger partial charge in [0.1, 0.15) is 4.88 Å². The molecule has 1 aromatic heterocycles. The van der Waals surface area contributed by atoms with Crippen LogP contribution in [0, 0.1) is 0 Å². The Kier molecular flexibility index (Phi) is 2.94. The lowest BCUT2D eigenvalue weighted by molar-refractivity contribution is 0.0691. The van der Waals surface area contributed by atoms with Crippen molar-refractivity contribution in [3.63, 3.8) is 0 Å². The molecule has 0 saturated carbocycles. The zero-order valence-corrected chi connectivity index (χ0v) is 10.1. The summed E-state index contributed by atoms with van der Waals surface area (Å²) in [6.45, 7) is 0. The third kappa shape index (κ3) is 1.82. The van der Waals surface area contributed by atoms with E-state index in [-0.39, 0.29) is 10.4 Å². The van der Waals surface area contributed by atoms with E-state index in [1.54, 1.807) is 12.1 Å². The van der Waals surface area contributed by atoms with Crippen molar-refractivity contribution in [1.82, 2.24) is 0 Å². The van der Waals surface area contributed by atoms with Crippen LogP contribution in [-0.2, 0) is 0 Å². The summed E-state index contributed by atoms with van der Waals surface area (Å²) in [5, 5.41) is 9.16. The third-order valence-electron chi connectivity index (χ3n) is 2.10. The predicted octanol–water partition coefficient (Wildman–Crippen LogP) is 4.30. The molecule has 1 N–H and O–H groups in total. The highest BCUT2D eigenvalue weighted by Crippen LogP contribution is 2.38. The molecule has 16 heavy (non-hydrogen) atoms.